The van der Waals surface area contributed by atoms with Gasteiger partial charge in [0.05, 0.1) is 7.11 Å². The minimum Gasteiger partial charge on any atom is -0.497 e. The summed E-state index contributed by atoms with van der Waals surface area (Å²) in [6, 6.07) is 11.4. The maximum absolute atomic E-state index is 12.4. The first-order valence-electron chi connectivity index (χ1n) is 10.3. The summed E-state index contributed by atoms with van der Waals surface area (Å²) < 4.78 is 10.6. The van der Waals surface area contributed by atoms with Crippen molar-refractivity contribution >= 4 is 23.4 Å². The number of piperazine rings is 1. The molecule has 0 saturated carbocycles. The molecule has 166 valence electrons. The van der Waals surface area contributed by atoms with E-state index in [0.29, 0.717) is 37.9 Å². The first kappa shape index (κ1) is 21.3. The monoisotopic (exact) mass is 435 g/mol. The zero-order chi connectivity index (χ0) is 22.3. The summed E-state index contributed by atoms with van der Waals surface area (Å²) in [4.78, 5) is 33.5. The van der Waals surface area contributed by atoms with Gasteiger partial charge in [0.15, 0.2) is 6.61 Å². The molecule has 0 radical (unpaired) electrons. The van der Waals surface area contributed by atoms with Crippen molar-refractivity contribution in [3.63, 3.8) is 0 Å². The lowest BCUT2D eigenvalue weighted by atomic mass is 10.3. The first-order valence-corrected chi connectivity index (χ1v) is 10.3. The van der Waals surface area contributed by atoms with Gasteiger partial charge < -0.3 is 24.6 Å². The molecule has 1 amide bonds. The molecule has 3 aromatic rings. The fourth-order valence-electron chi connectivity index (χ4n) is 3.31. The fraction of sp³-hybridized carbons (Fsp3) is 0.318. The summed E-state index contributed by atoms with van der Waals surface area (Å²) in [5, 5.41) is 3.31. The standard InChI is InChI=1S/C22H25N7O3/c1-16-14-19(26-17-4-6-18(31-2)7-5-17)27-21(25-16)29-12-10-28(11-13-29)20(30)15-32-22-23-8-3-9-24-22/h3-9,14H,10-13,15H2,1-2H3,(H,25,26,27). The van der Waals surface area contributed by atoms with Crippen LogP contribution < -0.4 is 19.7 Å². The van der Waals surface area contributed by atoms with Crippen LogP contribution in [0.2, 0.25) is 0 Å². The zero-order valence-corrected chi connectivity index (χ0v) is 18.1. The van der Waals surface area contributed by atoms with Crippen LogP contribution in [0.25, 0.3) is 0 Å². The summed E-state index contributed by atoms with van der Waals surface area (Å²) in [7, 11) is 1.64. The molecule has 0 aliphatic carbocycles. The topological polar surface area (TPSA) is 106 Å². The number of aryl methyl sites for hydroxylation is 1. The Labute approximate surface area is 186 Å². The molecule has 10 heteroatoms. The molecule has 3 heterocycles. The van der Waals surface area contributed by atoms with E-state index in [0.717, 1.165) is 17.1 Å². The summed E-state index contributed by atoms with van der Waals surface area (Å²) in [6.07, 6.45) is 3.15. The molecule has 1 aromatic carbocycles. The minimum absolute atomic E-state index is 0.0825. The number of carbonyl (C=O) groups excluding carboxylic acids is 1. The molecule has 2 aromatic heterocycles. The lowest BCUT2D eigenvalue weighted by molar-refractivity contribution is -0.133. The number of carbonyl (C=O) groups is 1. The van der Waals surface area contributed by atoms with Crippen LogP contribution in [-0.4, -0.2) is 70.6 Å². The van der Waals surface area contributed by atoms with Crippen LogP contribution in [0.3, 0.4) is 0 Å². The molecular weight excluding hydrogens is 410 g/mol. The summed E-state index contributed by atoms with van der Waals surface area (Å²) in [5.41, 5.74) is 1.77. The molecule has 0 unspecified atom stereocenters. The van der Waals surface area contributed by atoms with Gasteiger partial charge in [-0.25, -0.2) is 15.0 Å². The molecule has 0 bridgehead atoms. The van der Waals surface area contributed by atoms with E-state index in [1.807, 2.05) is 37.3 Å². The Hall–Kier alpha value is -3.95. The predicted octanol–water partition coefficient (Wildman–Crippen LogP) is 2.05. The number of nitrogens with zero attached hydrogens (tertiary/aromatic N) is 6. The number of methoxy groups -OCH3 is 1. The second-order valence-electron chi connectivity index (χ2n) is 7.24. The lowest BCUT2D eigenvalue weighted by Gasteiger charge is -2.34. The molecule has 1 aliphatic rings. The average molecular weight is 435 g/mol. The van der Waals surface area contributed by atoms with E-state index in [-0.39, 0.29) is 18.5 Å². The number of nitrogens with one attached hydrogen (secondary N) is 1. The van der Waals surface area contributed by atoms with Crippen molar-refractivity contribution in [2.24, 2.45) is 0 Å². The van der Waals surface area contributed by atoms with E-state index in [9.17, 15) is 4.79 Å². The van der Waals surface area contributed by atoms with E-state index >= 15 is 0 Å². The van der Waals surface area contributed by atoms with Gasteiger partial charge >= 0.3 is 6.01 Å². The van der Waals surface area contributed by atoms with Crippen LogP contribution in [0.1, 0.15) is 5.69 Å². The van der Waals surface area contributed by atoms with E-state index in [2.05, 4.69) is 30.2 Å². The number of benzene rings is 1. The van der Waals surface area contributed by atoms with E-state index < -0.39 is 0 Å². The highest BCUT2D eigenvalue weighted by Gasteiger charge is 2.23. The Morgan fingerprint density at radius 3 is 2.47 bits per heavy atom. The molecule has 0 spiro atoms. The Bertz CT molecular complexity index is 1040. The van der Waals surface area contributed by atoms with Crippen molar-refractivity contribution < 1.29 is 14.3 Å². The molecule has 10 nitrogen and oxygen atoms in total. The Balaban J connectivity index is 1.34. The van der Waals surface area contributed by atoms with E-state index in [1.165, 1.54) is 0 Å². The molecule has 1 fully saturated rings. The number of ether oxygens (including phenoxy) is 2. The zero-order valence-electron chi connectivity index (χ0n) is 18.1. The Morgan fingerprint density at radius 2 is 1.78 bits per heavy atom. The highest BCUT2D eigenvalue weighted by Crippen LogP contribution is 2.21. The summed E-state index contributed by atoms with van der Waals surface area (Å²) >= 11 is 0. The van der Waals surface area contributed by atoms with Crippen LogP contribution in [0, 0.1) is 6.92 Å². The summed E-state index contributed by atoms with van der Waals surface area (Å²) in [5.74, 6) is 2.06. The molecule has 1 aliphatic heterocycles. The van der Waals surface area contributed by atoms with Crippen LogP contribution >= 0.6 is 0 Å². The van der Waals surface area contributed by atoms with Crippen LogP contribution in [0.15, 0.2) is 48.8 Å². The summed E-state index contributed by atoms with van der Waals surface area (Å²) in [6.45, 7) is 4.26. The molecule has 1 N–H and O–H groups in total. The Kier molecular flexibility index (Phi) is 6.59. The van der Waals surface area contributed by atoms with Crippen LogP contribution in [-0.2, 0) is 4.79 Å². The maximum atomic E-state index is 12.4. The fourth-order valence-corrected chi connectivity index (χ4v) is 3.31. The minimum atomic E-state index is -0.0934. The van der Waals surface area contributed by atoms with Crippen molar-refractivity contribution in [3.05, 3.63) is 54.5 Å². The average Bonchev–Trinajstić information content (AvgIpc) is 2.83. The highest BCUT2D eigenvalue weighted by atomic mass is 16.5. The lowest BCUT2D eigenvalue weighted by Crippen LogP contribution is -2.50. The van der Waals surface area contributed by atoms with Gasteiger partial charge in [0.25, 0.3) is 5.91 Å². The second-order valence-corrected chi connectivity index (χ2v) is 7.24. The van der Waals surface area contributed by atoms with Gasteiger partial charge in [-0.05, 0) is 37.3 Å². The number of aromatic nitrogens is 4. The number of anilines is 3. The van der Waals surface area contributed by atoms with Crippen molar-refractivity contribution in [1.82, 2.24) is 24.8 Å². The number of hydrogen-bond donors (Lipinski definition) is 1. The predicted molar refractivity (Wildman–Crippen MR) is 119 cm³/mol. The van der Waals surface area contributed by atoms with Crippen molar-refractivity contribution in [3.8, 4) is 11.8 Å². The second kappa shape index (κ2) is 9.90. The molecule has 4 rings (SSSR count). The van der Waals surface area contributed by atoms with Crippen molar-refractivity contribution in [2.45, 2.75) is 6.92 Å². The number of rotatable bonds is 7. The van der Waals surface area contributed by atoms with Crippen LogP contribution in [0.4, 0.5) is 17.5 Å². The SMILES string of the molecule is COc1ccc(Nc2cc(C)nc(N3CCN(C(=O)COc4ncccn4)CC3)n2)cc1. The van der Waals surface area contributed by atoms with E-state index in [1.54, 1.807) is 30.5 Å². The van der Waals surface area contributed by atoms with Crippen LogP contribution in [0.5, 0.6) is 11.8 Å². The third-order valence-corrected chi connectivity index (χ3v) is 4.99. The van der Waals surface area contributed by atoms with Gasteiger partial charge in [-0.3, -0.25) is 4.79 Å². The smallest absolute Gasteiger partial charge is 0.316 e. The highest BCUT2D eigenvalue weighted by molar-refractivity contribution is 5.78. The first-order chi connectivity index (χ1) is 15.6. The van der Waals surface area contributed by atoms with Gasteiger partial charge in [0, 0.05) is 56.0 Å². The third kappa shape index (κ3) is 5.39. The van der Waals surface area contributed by atoms with Gasteiger partial charge in [0.1, 0.15) is 11.6 Å². The largest absolute Gasteiger partial charge is 0.497 e. The number of amides is 1. The van der Waals surface area contributed by atoms with Gasteiger partial charge in [-0.1, -0.05) is 0 Å². The third-order valence-electron chi connectivity index (χ3n) is 4.99. The van der Waals surface area contributed by atoms with E-state index in [4.69, 9.17) is 9.47 Å². The molecule has 1 saturated heterocycles. The van der Waals surface area contributed by atoms with Gasteiger partial charge in [0.2, 0.25) is 5.95 Å². The molecule has 0 atom stereocenters. The number of hydrogen-bond acceptors (Lipinski definition) is 9. The van der Waals surface area contributed by atoms with Crippen molar-refractivity contribution in [1.29, 1.82) is 0 Å². The van der Waals surface area contributed by atoms with Gasteiger partial charge in [-0.15, -0.1) is 0 Å². The quantitative estimate of drug-likeness (QED) is 0.597. The van der Waals surface area contributed by atoms with Crippen molar-refractivity contribution in [2.75, 3.05) is 50.1 Å². The molecule has 32 heavy (non-hydrogen) atoms. The maximum Gasteiger partial charge on any atom is 0.316 e. The normalized spacial score (nSPS) is 13.6. The molecular formula is C22H25N7O3. The Morgan fingerprint density at radius 1 is 1.06 bits per heavy atom. The van der Waals surface area contributed by atoms with Gasteiger partial charge in [-0.2, -0.15) is 4.98 Å².